The van der Waals surface area contributed by atoms with Gasteiger partial charge < -0.3 is 21.5 Å². The van der Waals surface area contributed by atoms with E-state index in [2.05, 4.69) is 0 Å². The van der Waals surface area contributed by atoms with Crippen molar-refractivity contribution in [3.63, 3.8) is 0 Å². The third-order valence-electron chi connectivity index (χ3n) is 3.19. The first kappa shape index (κ1) is 12.7. The van der Waals surface area contributed by atoms with Gasteiger partial charge in [0.15, 0.2) is 0 Å². The predicted octanol–water partition coefficient (Wildman–Crippen LogP) is 0.838. The van der Waals surface area contributed by atoms with E-state index in [-0.39, 0.29) is 5.91 Å². The molecule has 5 heteroatoms. The van der Waals surface area contributed by atoms with Crippen molar-refractivity contribution in [2.24, 2.45) is 0 Å². The van der Waals surface area contributed by atoms with Crippen LogP contribution >= 0.6 is 0 Å². The molecule has 1 fully saturated rings. The number of amides is 1. The van der Waals surface area contributed by atoms with Gasteiger partial charge >= 0.3 is 0 Å². The van der Waals surface area contributed by atoms with Crippen LogP contribution in [-0.4, -0.2) is 34.6 Å². The number of rotatable bonds is 1. The molecule has 0 spiro atoms. The van der Waals surface area contributed by atoms with Crippen molar-refractivity contribution in [3.05, 3.63) is 23.8 Å². The summed E-state index contributed by atoms with van der Waals surface area (Å²) in [6.45, 7) is 2.75. The number of likely N-dealkylation sites (tertiary alicyclic amines) is 1. The average molecular weight is 249 g/mol. The summed E-state index contributed by atoms with van der Waals surface area (Å²) in [4.78, 5) is 13.9. The Kier molecular flexibility index (Phi) is 3.17. The second-order valence-corrected chi connectivity index (χ2v) is 5.22. The van der Waals surface area contributed by atoms with Gasteiger partial charge in [-0.2, -0.15) is 0 Å². The number of carbonyl (C=O) groups excluding carboxylic acids is 1. The number of β-amino-alcohol motifs (C(OH)–C–C–N with tert-alkyl or cyclic N) is 1. The van der Waals surface area contributed by atoms with Crippen molar-refractivity contribution in [2.45, 2.75) is 25.4 Å². The zero-order chi connectivity index (χ0) is 13.3. The minimum Gasteiger partial charge on any atom is -0.399 e. The van der Waals surface area contributed by atoms with E-state index in [4.69, 9.17) is 11.5 Å². The Labute approximate surface area is 106 Å². The SMILES string of the molecule is CC1(O)CCCN(C(=O)c2cc(N)cc(N)c2)C1. The molecule has 0 aromatic heterocycles. The number of aliphatic hydroxyl groups is 1. The highest BCUT2D eigenvalue weighted by atomic mass is 16.3. The van der Waals surface area contributed by atoms with Gasteiger partial charge in [0.1, 0.15) is 0 Å². The van der Waals surface area contributed by atoms with E-state index < -0.39 is 5.60 Å². The Balaban J connectivity index is 2.20. The van der Waals surface area contributed by atoms with Gasteiger partial charge in [0.05, 0.1) is 5.60 Å². The molecule has 1 unspecified atom stereocenters. The Bertz CT molecular complexity index is 451. The topological polar surface area (TPSA) is 92.6 Å². The quantitative estimate of drug-likeness (QED) is 0.643. The van der Waals surface area contributed by atoms with Crippen LogP contribution in [0.1, 0.15) is 30.1 Å². The summed E-state index contributed by atoms with van der Waals surface area (Å²) in [6.07, 6.45) is 1.52. The average Bonchev–Trinajstić information content (AvgIpc) is 2.25. The van der Waals surface area contributed by atoms with Crippen molar-refractivity contribution >= 4 is 17.3 Å². The maximum absolute atomic E-state index is 12.3. The van der Waals surface area contributed by atoms with E-state index in [9.17, 15) is 9.90 Å². The lowest BCUT2D eigenvalue weighted by molar-refractivity contribution is -0.0107. The number of benzene rings is 1. The summed E-state index contributed by atoms with van der Waals surface area (Å²) in [5, 5.41) is 10.0. The number of anilines is 2. The molecule has 0 radical (unpaired) electrons. The molecule has 1 aliphatic heterocycles. The maximum atomic E-state index is 12.3. The summed E-state index contributed by atoms with van der Waals surface area (Å²) in [5.41, 5.74) is 12.0. The molecule has 1 heterocycles. The zero-order valence-corrected chi connectivity index (χ0v) is 10.5. The number of nitrogens with two attached hydrogens (primary N) is 2. The summed E-state index contributed by atoms with van der Waals surface area (Å²) < 4.78 is 0. The summed E-state index contributed by atoms with van der Waals surface area (Å²) >= 11 is 0. The highest BCUT2D eigenvalue weighted by molar-refractivity contribution is 5.96. The Morgan fingerprint density at radius 1 is 1.33 bits per heavy atom. The van der Waals surface area contributed by atoms with Gasteiger partial charge in [0.2, 0.25) is 0 Å². The number of hydrogen-bond acceptors (Lipinski definition) is 4. The molecule has 5 nitrogen and oxygen atoms in total. The first-order chi connectivity index (χ1) is 8.37. The lowest BCUT2D eigenvalue weighted by Gasteiger charge is -2.36. The van der Waals surface area contributed by atoms with E-state index in [1.165, 1.54) is 0 Å². The fraction of sp³-hybridized carbons (Fsp3) is 0.462. The fourth-order valence-electron chi connectivity index (χ4n) is 2.38. The van der Waals surface area contributed by atoms with Gasteiger partial charge in [0.25, 0.3) is 5.91 Å². The van der Waals surface area contributed by atoms with Crippen LogP contribution in [0, 0.1) is 0 Å². The largest absolute Gasteiger partial charge is 0.399 e. The van der Waals surface area contributed by atoms with Crippen LogP contribution in [0.2, 0.25) is 0 Å². The van der Waals surface area contributed by atoms with E-state index in [0.717, 1.165) is 12.8 Å². The smallest absolute Gasteiger partial charge is 0.254 e. The van der Waals surface area contributed by atoms with Gasteiger partial charge in [-0.3, -0.25) is 4.79 Å². The molecule has 1 saturated heterocycles. The van der Waals surface area contributed by atoms with Crippen LogP contribution in [0.3, 0.4) is 0 Å². The normalized spacial score (nSPS) is 24.0. The standard InChI is InChI=1S/C13H19N3O2/c1-13(18)3-2-4-16(8-13)12(17)9-5-10(14)7-11(15)6-9/h5-7,18H,2-4,8,14-15H2,1H3. The van der Waals surface area contributed by atoms with Crippen molar-refractivity contribution in [3.8, 4) is 0 Å². The van der Waals surface area contributed by atoms with E-state index >= 15 is 0 Å². The molecule has 1 atom stereocenters. The van der Waals surface area contributed by atoms with Gasteiger partial charge in [-0.05, 0) is 38.0 Å². The van der Waals surface area contributed by atoms with Crippen LogP contribution in [0.25, 0.3) is 0 Å². The number of piperidine rings is 1. The number of nitrogens with zero attached hydrogens (tertiary/aromatic N) is 1. The number of hydrogen-bond donors (Lipinski definition) is 3. The Morgan fingerprint density at radius 2 is 1.94 bits per heavy atom. The summed E-state index contributed by atoms with van der Waals surface area (Å²) in [7, 11) is 0. The monoisotopic (exact) mass is 249 g/mol. The molecule has 1 amide bonds. The lowest BCUT2D eigenvalue weighted by atomic mass is 9.94. The second kappa shape index (κ2) is 4.49. The van der Waals surface area contributed by atoms with E-state index in [1.54, 1.807) is 30.0 Å². The fourth-order valence-corrected chi connectivity index (χ4v) is 2.38. The Morgan fingerprint density at radius 3 is 2.50 bits per heavy atom. The van der Waals surface area contributed by atoms with Crippen LogP contribution < -0.4 is 11.5 Å². The number of nitrogen functional groups attached to an aromatic ring is 2. The second-order valence-electron chi connectivity index (χ2n) is 5.22. The zero-order valence-electron chi connectivity index (χ0n) is 10.5. The molecular weight excluding hydrogens is 230 g/mol. The molecule has 98 valence electrons. The highest BCUT2D eigenvalue weighted by Crippen LogP contribution is 2.23. The van der Waals surface area contributed by atoms with Gasteiger partial charge in [0, 0.05) is 30.0 Å². The molecule has 2 rings (SSSR count). The van der Waals surface area contributed by atoms with Crippen molar-refractivity contribution in [1.82, 2.24) is 4.90 Å². The molecule has 0 bridgehead atoms. The van der Waals surface area contributed by atoms with Crippen LogP contribution in [0.15, 0.2) is 18.2 Å². The molecule has 0 aliphatic carbocycles. The summed E-state index contributed by atoms with van der Waals surface area (Å²) in [5.74, 6) is -0.131. The van der Waals surface area contributed by atoms with Crippen LogP contribution in [0.5, 0.6) is 0 Å². The number of carbonyl (C=O) groups is 1. The molecule has 1 aromatic rings. The van der Waals surface area contributed by atoms with E-state index in [1.807, 2.05) is 0 Å². The minimum absolute atomic E-state index is 0.131. The first-order valence-electron chi connectivity index (χ1n) is 6.05. The Hall–Kier alpha value is -1.75. The van der Waals surface area contributed by atoms with Gasteiger partial charge in [-0.25, -0.2) is 0 Å². The third-order valence-corrected chi connectivity index (χ3v) is 3.19. The van der Waals surface area contributed by atoms with Crippen molar-refractivity contribution in [1.29, 1.82) is 0 Å². The van der Waals surface area contributed by atoms with Crippen LogP contribution in [0.4, 0.5) is 11.4 Å². The molecular formula is C13H19N3O2. The molecule has 0 saturated carbocycles. The van der Waals surface area contributed by atoms with Crippen molar-refractivity contribution in [2.75, 3.05) is 24.6 Å². The van der Waals surface area contributed by atoms with Gasteiger partial charge in [-0.1, -0.05) is 0 Å². The molecule has 1 aromatic carbocycles. The molecule has 1 aliphatic rings. The highest BCUT2D eigenvalue weighted by Gasteiger charge is 2.31. The summed E-state index contributed by atoms with van der Waals surface area (Å²) in [6, 6.07) is 4.84. The first-order valence-corrected chi connectivity index (χ1v) is 6.05. The molecule has 18 heavy (non-hydrogen) atoms. The van der Waals surface area contributed by atoms with Crippen molar-refractivity contribution < 1.29 is 9.90 Å². The third kappa shape index (κ3) is 2.73. The molecule has 5 N–H and O–H groups in total. The lowest BCUT2D eigenvalue weighted by Crippen LogP contribution is -2.48. The van der Waals surface area contributed by atoms with E-state index in [0.29, 0.717) is 30.0 Å². The van der Waals surface area contributed by atoms with Crippen LogP contribution in [-0.2, 0) is 0 Å². The predicted molar refractivity (Wildman–Crippen MR) is 71.0 cm³/mol. The maximum Gasteiger partial charge on any atom is 0.254 e. The minimum atomic E-state index is -0.806. The van der Waals surface area contributed by atoms with Gasteiger partial charge in [-0.15, -0.1) is 0 Å².